The first-order chi connectivity index (χ1) is 11.6. The molecule has 4 nitrogen and oxygen atoms in total. The maximum Gasteiger partial charge on any atom is 0.257 e. The van der Waals surface area contributed by atoms with Gasteiger partial charge in [-0.15, -0.1) is 0 Å². The Kier molecular flexibility index (Phi) is 4.64. The van der Waals surface area contributed by atoms with E-state index in [0.29, 0.717) is 43.9 Å². The molecule has 1 heterocycles. The first kappa shape index (κ1) is 16.2. The van der Waals surface area contributed by atoms with E-state index < -0.39 is 17.5 Å². The van der Waals surface area contributed by atoms with Gasteiger partial charge in [0.05, 0.1) is 5.56 Å². The number of hydrogen-bond acceptors (Lipinski definition) is 3. The lowest BCUT2D eigenvalue weighted by atomic mass is 10.1. The van der Waals surface area contributed by atoms with Crippen LogP contribution in [-0.2, 0) is 6.54 Å². The number of ether oxygens (including phenoxy) is 2. The van der Waals surface area contributed by atoms with Gasteiger partial charge >= 0.3 is 0 Å². The molecule has 0 aromatic heterocycles. The second-order valence-corrected chi connectivity index (χ2v) is 5.42. The molecule has 0 aliphatic carbocycles. The van der Waals surface area contributed by atoms with E-state index in [-0.39, 0.29) is 5.56 Å². The second kappa shape index (κ2) is 6.86. The topological polar surface area (TPSA) is 38.8 Å². The van der Waals surface area contributed by atoms with E-state index in [4.69, 9.17) is 9.47 Å². The molecule has 1 amide bonds. The second-order valence-electron chi connectivity index (χ2n) is 5.42. The van der Waals surface area contributed by atoms with Crippen molar-refractivity contribution in [3.8, 4) is 11.5 Å². The number of nitrogens with zero attached hydrogens (tertiary/aromatic N) is 1. The van der Waals surface area contributed by atoms with Crippen molar-refractivity contribution in [1.82, 2.24) is 4.90 Å². The Bertz CT molecular complexity index is 764. The summed E-state index contributed by atoms with van der Waals surface area (Å²) in [6.45, 7) is 3.48. The monoisotopic (exact) mass is 333 g/mol. The number of carbonyl (C=O) groups is 1. The Hall–Kier alpha value is -2.63. The van der Waals surface area contributed by atoms with Crippen LogP contribution in [0.4, 0.5) is 8.78 Å². The molecule has 0 atom stereocenters. The Labute approximate surface area is 138 Å². The highest BCUT2D eigenvalue weighted by Gasteiger charge is 2.20. The number of benzene rings is 2. The third-order valence-corrected chi connectivity index (χ3v) is 3.81. The summed E-state index contributed by atoms with van der Waals surface area (Å²) >= 11 is 0. The maximum atomic E-state index is 13.8. The zero-order valence-electron chi connectivity index (χ0n) is 13.2. The molecule has 24 heavy (non-hydrogen) atoms. The molecule has 0 spiro atoms. The quantitative estimate of drug-likeness (QED) is 0.861. The predicted molar refractivity (Wildman–Crippen MR) is 84.2 cm³/mol. The Morgan fingerprint density at radius 3 is 2.54 bits per heavy atom. The van der Waals surface area contributed by atoms with E-state index in [1.54, 1.807) is 13.0 Å². The van der Waals surface area contributed by atoms with Crippen molar-refractivity contribution in [2.24, 2.45) is 0 Å². The zero-order chi connectivity index (χ0) is 17.1. The first-order valence-electron chi connectivity index (χ1n) is 7.71. The fourth-order valence-corrected chi connectivity index (χ4v) is 2.57. The highest BCUT2D eigenvalue weighted by Crippen LogP contribution is 2.31. The molecule has 1 aliphatic heterocycles. The Balaban J connectivity index is 1.80. The number of fused-ring (bicyclic) bond motifs is 1. The predicted octanol–water partition coefficient (Wildman–Crippen LogP) is 3.40. The number of rotatable bonds is 4. The molecule has 6 heteroatoms. The minimum Gasteiger partial charge on any atom is -0.486 e. The van der Waals surface area contributed by atoms with Crippen molar-refractivity contribution in [2.45, 2.75) is 13.5 Å². The Morgan fingerprint density at radius 1 is 1.08 bits per heavy atom. The summed E-state index contributed by atoms with van der Waals surface area (Å²) in [6.07, 6.45) is 0. The van der Waals surface area contributed by atoms with E-state index in [0.717, 1.165) is 11.6 Å². The minimum absolute atomic E-state index is 0.143. The number of hydrogen-bond donors (Lipinski definition) is 0. The van der Waals surface area contributed by atoms with Crippen LogP contribution >= 0.6 is 0 Å². The fraction of sp³-hybridized carbons (Fsp3) is 0.278. The standard InChI is InChI=1S/C18H17F2NO3/c1-2-21(18(22)14-5-4-13(19)10-15(14)20)11-12-3-6-16-17(9-12)24-8-7-23-16/h3-6,9-10H,2,7-8,11H2,1H3. The molecule has 0 unspecified atom stereocenters. The number of amides is 1. The van der Waals surface area contributed by atoms with Gasteiger partial charge in [0, 0.05) is 19.2 Å². The lowest BCUT2D eigenvalue weighted by Crippen LogP contribution is -2.31. The minimum atomic E-state index is -0.861. The van der Waals surface area contributed by atoms with Crippen molar-refractivity contribution in [3.63, 3.8) is 0 Å². The smallest absolute Gasteiger partial charge is 0.257 e. The summed E-state index contributed by atoms with van der Waals surface area (Å²) < 4.78 is 37.8. The molecule has 3 rings (SSSR count). The molecule has 126 valence electrons. The third-order valence-electron chi connectivity index (χ3n) is 3.81. The van der Waals surface area contributed by atoms with Gasteiger partial charge in [-0.25, -0.2) is 8.78 Å². The molecule has 0 saturated heterocycles. The molecule has 0 radical (unpaired) electrons. The van der Waals surface area contributed by atoms with Gasteiger partial charge in [-0.2, -0.15) is 0 Å². The average Bonchev–Trinajstić information content (AvgIpc) is 2.59. The van der Waals surface area contributed by atoms with E-state index in [1.165, 1.54) is 11.0 Å². The van der Waals surface area contributed by atoms with Crippen LogP contribution in [0.2, 0.25) is 0 Å². The van der Waals surface area contributed by atoms with Crippen molar-refractivity contribution >= 4 is 5.91 Å². The van der Waals surface area contributed by atoms with Gasteiger partial charge < -0.3 is 14.4 Å². The van der Waals surface area contributed by atoms with E-state index >= 15 is 0 Å². The lowest BCUT2D eigenvalue weighted by molar-refractivity contribution is 0.0747. The van der Waals surface area contributed by atoms with Crippen molar-refractivity contribution in [2.75, 3.05) is 19.8 Å². The van der Waals surface area contributed by atoms with Gasteiger partial charge in [-0.3, -0.25) is 4.79 Å². The molecule has 2 aromatic rings. The van der Waals surface area contributed by atoms with E-state index in [2.05, 4.69) is 0 Å². The van der Waals surface area contributed by atoms with Gasteiger partial charge in [-0.05, 0) is 36.8 Å². The van der Waals surface area contributed by atoms with Crippen molar-refractivity contribution in [1.29, 1.82) is 0 Å². The van der Waals surface area contributed by atoms with Crippen LogP contribution in [0.15, 0.2) is 36.4 Å². The summed E-state index contributed by atoms with van der Waals surface area (Å²) in [5, 5.41) is 0. The molecule has 0 saturated carbocycles. The SMILES string of the molecule is CCN(Cc1ccc2c(c1)OCCO2)C(=O)c1ccc(F)cc1F. The van der Waals surface area contributed by atoms with Crippen molar-refractivity contribution < 1.29 is 23.0 Å². The van der Waals surface area contributed by atoms with Gasteiger partial charge in [0.2, 0.25) is 0 Å². The molecular formula is C18H17F2NO3. The molecular weight excluding hydrogens is 316 g/mol. The van der Waals surface area contributed by atoms with E-state index in [9.17, 15) is 13.6 Å². The summed E-state index contributed by atoms with van der Waals surface area (Å²) in [5.41, 5.74) is 0.702. The van der Waals surface area contributed by atoms with Gasteiger partial charge in [0.25, 0.3) is 5.91 Å². The normalized spacial score (nSPS) is 12.8. The summed E-state index contributed by atoms with van der Waals surface area (Å²) in [4.78, 5) is 14.0. The molecule has 1 aliphatic rings. The van der Waals surface area contributed by atoms with E-state index in [1.807, 2.05) is 12.1 Å². The van der Waals surface area contributed by atoms with Crippen molar-refractivity contribution in [3.05, 3.63) is 59.2 Å². The van der Waals surface area contributed by atoms with Gasteiger partial charge in [-0.1, -0.05) is 6.07 Å². The number of halogens is 2. The van der Waals surface area contributed by atoms with Crippen LogP contribution in [-0.4, -0.2) is 30.6 Å². The molecule has 0 bridgehead atoms. The summed E-state index contributed by atoms with van der Waals surface area (Å²) in [7, 11) is 0. The average molecular weight is 333 g/mol. The lowest BCUT2D eigenvalue weighted by Gasteiger charge is -2.23. The summed E-state index contributed by atoms with van der Waals surface area (Å²) in [6, 6.07) is 8.40. The van der Waals surface area contributed by atoms with Crippen LogP contribution in [0.3, 0.4) is 0 Å². The van der Waals surface area contributed by atoms with Crippen LogP contribution in [0.5, 0.6) is 11.5 Å². The third kappa shape index (κ3) is 3.32. The van der Waals surface area contributed by atoms with Crippen LogP contribution in [0.1, 0.15) is 22.8 Å². The van der Waals surface area contributed by atoms with Crippen LogP contribution in [0.25, 0.3) is 0 Å². The largest absolute Gasteiger partial charge is 0.486 e. The number of carbonyl (C=O) groups excluding carboxylic acids is 1. The van der Waals surface area contributed by atoms with Crippen LogP contribution in [0, 0.1) is 11.6 Å². The first-order valence-corrected chi connectivity index (χ1v) is 7.71. The van der Waals surface area contributed by atoms with Gasteiger partial charge in [0.1, 0.15) is 24.8 Å². The highest BCUT2D eigenvalue weighted by atomic mass is 19.1. The maximum absolute atomic E-state index is 13.8. The molecule has 0 N–H and O–H groups in total. The highest BCUT2D eigenvalue weighted by molar-refractivity contribution is 5.94. The summed E-state index contributed by atoms with van der Waals surface area (Å²) in [5.74, 6) is -0.747. The van der Waals surface area contributed by atoms with Crippen LogP contribution < -0.4 is 9.47 Å². The fourth-order valence-electron chi connectivity index (χ4n) is 2.57. The Morgan fingerprint density at radius 2 is 1.83 bits per heavy atom. The van der Waals surface area contributed by atoms with Gasteiger partial charge in [0.15, 0.2) is 11.5 Å². The zero-order valence-corrected chi connectivity index (χ0v) is 13.2. The molecule has 0 fully saturated rings. The molecule has 2 aromatic carbocycles.